The normalized spacial score (nSPS) is 11.3. The van der Waals surface area contributed by atoms with E-state index in [1.54, 1.807) is 18.2 Å². The maximum Gasteiger partial charge on any atom is 0.256 e. The van der Waals surface area contributed by atoms with Gasteiger partial charge in [-0.3, -0.25) is 4.79 Å². The number of hydrogen-bond donors (Lipinski definition) is 1. The summed E-state index contributed by atoms with van der Waals surface area (Å²) in [7, 11) is 5.66. The number of carbonyl (C=O) groups is 2. The summed E-state index contributed by atoms with van der Waals surface area (Å²) in [5, 5.41) is 18.6. The fourth-order valence-electron chi connectivity index (χ4n) is 2.38. The number of quaternary nitrogens is 1. The third kappa shape index (κ3) is 12.1. The Hall–Kier alpha value is -2.12. The first-order valence-electron chi connectivity index (χ1n) is 8.72. The van der Waals surface area contributed by atoms with E-state index in [4.69, 9.17) is 21.4 Å². The molecule has 0 bridgehead atoms. The lowest BCUT2D eigenvalue weighted by Gasteiger charge is -2.26. The van der Waals surface area contributed by atoms with Crippen LogP contribution in [0.3, 0.4) is 0 Å². The minimum atomic E-state index is -1.20. The summed E-state index contributed by atoms with van der Waals surface area (Å²) in [6, 6.07) is 16.7. The second-order valence-electron chi connectivity index (χ2n) is 7.25. The zero-order valence-corrected chi connectivity index (χ0v) is 18.3. The molecule has 0 aliphatic heterocycles. The average molecular weight is 444 g/mol. The number of likely N-dealkylation sites (N-methyl/N-ethyl adjacent to an activating group) is 1. The molecule has 0 aromatic heterocycles. The third-order valence-corrected chi connectivity index (χ3v) is 3.70. The monoisotopic (exact) mass is 443 g/mol. The molecule has 2 aromatic carbocycles. The number of benzene rings is 2. The molecule has 2 aromatic rings. The summed E-state index contributed by atoms with van der Waals surface area (Å²) in [5.41, 5.74) is 1.44. The number of para-hydroxylation sites is 1. The first-order chi connectivity index (χ1) is 13.1. The molecule has 0 fully saturated rings. The van der Waals surface area contributed by atoms with Gasteiger partial charge >= 0.3 is 0 Å². The third-order valence-electron chi connectivity index (χ3n) is 3.50. The summed E-state index contributed by atoms with van der Waals surface area (Å²) >= 11 is 5.47. The molecule has 29 heavy (non-hydrogen) atoms. The second kappa shape index (κ2) is 13.2. The maximum atomic E-state index is 11.2. The van der Waals surface area contributed by atoms with Crippen molar-refractivity contribution in [3.63, 3.8) is 0 Å². The lowest BCUT2D eigenvalue weighted by atomic mass is 10.2. The Morgan fingerprint density at radius 3 is 2.14 bits per heavy atom. The highest BCUT2D eigenvalue weighted by Gasteiger charge is 2.14. The van der Waals surface area contributed by atoms with E-state index in [-0.39, 0.29) is 18.8 Å². The van der Waals surface area contributed by atoms with Crippen LogP contribution in [0, 0.1) is 0 Å². The zero-order valence-electron chi connectivity index (χ0n) is 16.7. The van der Waals surface area contributed by atoms with Gasteiger partial charge in [0, 0.05) is 12.4 Å². The molecular formula is C21H27Cl2NO5. The van der Waals surface area contributed by atoms with Crippen LogP contribution >= 0.6 is 24.0 Å². The van der Waals surface area contributed by atoms with Gasteiger partial charge in [-0.25, -0.2) is 0 Å². The van der Waals surface area contributed by atoms with Crippen LogP contribution in [0.2, 0.25) is 0 Å². The van der Waals surface area contributed by atoms with E-state index in [1.807, 2.05) is 57.5 Å². The number of hydrogen-bond acceptors (Lipinski definition) is 5. The number of carboxylic acid groups (broad SMARTS) is 1. The van der Waals surface area contributed by atoms with Crippen LogP contribution in [0.25, 0.3) is 0 Å². The smallest absolute Gasteiger partial charge is 0.256 e. The number of aliphatic carboxylic acids is 1. The van der Waals surface area contributed by atoms with E-state index in [1.165, 1.54) is 0 Å². The SMILES string of the molecule is C[N+](C)(C)C[C@H](O)CC(=O)[O-].Cl.O=C(Cl)c1ccccc1OCc1ccccc1. The topological polar surface area (TPSA) is 86.7 Å². The van der Waals surface area contributed by atoms with Crippen molar-refractivity contribution in [2.75, 3.05) is 27.7 Å². The van der Waals surface area contributed by atoms with Crippen LogP contribution in [-0.2, 0) is 11.4 Å². The van der Waals surface area contributed by atoms with Crippen molar-refractivity contribution in [3.8, 4) is 5.75 Å². The van der Waals surface area contributed by atoms with Crippen molar-refractivity contribution in [2.45, 2.75) is 19.1 Å². The minimum Gasteiger partial charge on any atom is -0.550 e. The van der Waals surface area contributed by atoms with Crippen molar-refractivity contribution in [1.29, 1.82) is 0 Å². The Balaban J connectivity index is 0.000000576. The van der Waals surface area contributed by atoms with Gasteiger partial charge in [-0.05, 0) is 29.3 Å². The number of nitrogens with zero attached hydrogens (tertiary/aromatic N) is 1. The highest BCUT2D eigenvalue weighted by atomic mass is 35.5. The van der Waals surface area contributed by atoms with Gasteiger partial charge in [0.05, 0.1) is 26.7 Å². The molecule has 1 atom stereocenters. The van der Waals surface area contributed by atoms with Gasteiger partial charge < -0.3 is 24.2 Å². The quantitative estimate of drug-likeness (QED) is 0.499. The summed E-state index contributed by atoms with van der Waals surface area (Å²) in [6.07, 6.45) is -1.09. The van der Waals surface area contributed by atoms with Crippen LogP contribution < -0.4 is 9.84 Å². The molecule has 0 unspecified atom stereocenters. The Morgan fingerprint density at radius 2 is 1.62 bits per heavy atom. The molecule has 0 spiro atoms. The van der Waals surface area contributed by atoms with Crippen molar-refractivity contribution in [2.24, 2.45) is 0 Å². The van der Waals surface area contributed by atoms with E-state index < -0.39 is 17.3 Å². The average Bonchev–Trinajstić information content (AvgIpc) is 2.59. The van der Waals surface area contributed by atoms with Gasteiger partial charge in [-0.1, -0.05) is 42.5 Å². The molecule has 0 heterocycles. The van der Waals surface area contributed by atoms with Gasteiger partial charge in [0.1, 0.15) is 25.0 Å². The lowest BCUT2D eigenvalue weighted by molar-refractivity contribution is -0.873. The fraction of sp³-hybridized carbons (Fsp3) is 0.333. The number of carbonyl (C=O) groups excluding carboxylic acids is 2. The van der Waals surface area contributed by atoms with E-state index in [0.29, 0.717) is 28.9 Å². The number of ether oxygens (including phenoxy) is 1. The Bertz CT molecular complexity index is 763. The van der Waals surface area contributed by atoms with Crippen LogP contribution in [0.15, 0.2) is 54.6 Å². The van der Waals surface area contributed by atoms with E-state index >= 15 is 0 Å². The van der Waals surface area contributed by atoms with Crippen LogP contribution in [0.5, 0.6) is 5.75 Å². The lowest BCUT2D eigenvalue weighted by Crippen LogP contribution is -2.43. The molecule has 160 valence electrons. The molecule has 0 radical (unpaired) electrons. The molecule has 0 saturated heterocycles. The van der Waals surface area contributed by atoms with Gasteiger partial charge in [0.25, 0.3) is 5.24 Å². The maximum absolute atomic E-state index is 11.2. The largest absolute Gasteiger partial charge is 0.550 e. The molecule has 1 N–H and O–H groups in total. The molecule has 6 nitrogen and oxygen atoms in total. The molecule has 0 amide bonds. The van der Waals surface area contributed by atoms with E-state index in [2.05, 4.69) is 0 Å². The van der Waals surface area contributed by atoms with Crippen molar-refractivity contribution in [3.05, 3.63) is 65.7 Å². The van der Waals surface area contributed by atoms with Crippen molar-refractivity contribution >= 4 is 35.2 Å². The van der Waals surface area contributed by atoms with Gasteiger partial charge in [0.2, 0.25) is 0 Å². The second-order valence-corrected chi connectivity index (χ2v) is 7.59. The number of rotatable bonds is 8. The van der Waals surface area contributed by atoms with E-state index in [0.717, 1.165) is 5.56 Å². The molecular weight excluding hydrogens is 417 g/mol. The van der Waals surface area contributed by atoms with Gasteiger partial charge in [-0.15, -0.1) is 12.4 Å². The van der Waals surface area contributed by atoms with Crippen molar-refractivity contribution < 1.29 is 29.0 Å². The number of carboxylic acids is 1. The fourth-order valence-corrected chi connectivity index (χ4v) is 2.54. The highest BCUT2D eigenvalue weighted by Crippen LogP contribution is 2.21. The zero-order chi connectivity index (χ0) is 21.2. The minimum absolute atomic E-state index is 0. The molecule has 0 saturated carbocycles. The highest BCUT2D eigenvalue weighted by molar-refractivity contribution is 6.68. The summed E-state index contributed by atoms with van der Waals surface area (Å²) in [6.45, 7) is 0.843. The predicted molar refractivity (Wildman–Crippen MR) is 113 cm³/mol. The molecule has 0 aliphatic rings. The summed E-state index contributed by atoms with van der Waals surface area (Å²) in [5.74, 6) is -0.692. The van der Waals surface area contributed by atoms with Crippen LogP contribution in [0.1, 0.15) is 22.3 Å². The molecule has 0 aliphatic carbocycles. The Labute approximate surface area is 182 Å². The molecule has 2 rings (SSSR count). The predicted octanol–water partition coefficient (Wildman–Crippen LogP) is 2.26. The Morgan fingerprint density at radius 1 is 1.07 bits per heavy atom. The first kappa shape index (κ1) is 26.9. The molecule has 8 heteroatoms. The van der Waals surface area contributed by atoms with Crippen LogP contribution in [0.4, 0.5) is 0 Å². The van der Waals surface area contributed by atoms with Crippen molar-refractivity contribution in [1.82, 2.24) is 0 Å². The number of aliphatic hydroxyl groups is 1. The summed E-state index contributed by atoms with van der Waals surface area (Å²) in [4.78, 5) is 21.2. The number of halogens is 2. The number of aliphatic hydroxyl groups excluding tert-OH is 1. The Kier molecular flexibility index (Phi) is 12.2. The standard InChI is InChI=1S/C14H11ClO2.C7H15NO3.ClH/c15-14(16)12-8-4-5-9-13(12)17-10-11-6-2-1-3-7-11;1-8(2,3)5-6(9)4-7(10)11;/h1-9H,10H2;6,9H,4-5H2,1-3H3;1H/t;6-;/m.1./s1. The van der Waals surface area contributed by atoms with Crippen LogP contribution in [-0.4, -0.2) is 54.6 Å². The summed E-state index contributed by atoms with van der Waals surface area (Å²) < 4.78 is 6.13. The van der Waals surface area contributed by atoms with Gasteiger partial charge in [-0.2, -0.15) is 0 Å². The van der Waals surface area contributed by atoms with E-state index in [9.17, 15) is 14.7 Å². The van der Waals surface area contributed by atoms with Gasteiger partial charge in [0.15, 0.2) is 0 Å². The first-order valence-corrected chi connectivity index (χ1v) is 9.10.